The topological polar surface area (TPSA) is 67.3 Å². The maximum Gasteiger partial charge on any atom is 0.180 e. The van der Waals surface area contributed by atoms with Crippen molar-refractivity contribution in [1.82, 2.24) is 10.2 Å². The van der Waals surface area contributed by atoms with E-state index in [9.17, 15) is 0 Å². The van der Waals surface area contributed by atoms with E-state index in [-0.39, 0.29) is 0 Å². The van der Waals surface area contributed by atoms with Gasteiger partial charge in [-0.15, -0.1) is 5.10 Å². The highest BCUT2D eigenvalue weighted by atomic mass is 16.5. The fourth-order valence-electron chi connectivity index (χ4n) is 1.49. The SMILES string of the molecule is COCc1nnc(NO)c2ccccc12. The Bertz CT molecular complexity index is 473. The summed E-state index contributed by atoms with van der Waals surface area (Å²) in [5.74, 6) is 0.352. The smallest absolute Gasteiger partial charge is 0.180 e. The maximum atomic E-state index is 8.87. The van der Waals surface area contributed by atoms with Crippen LogP contribution < -0.4 is 5.48 Å². The number of ether oxygens (including phenoxy) is 1. The third-order valence-corrected chi connectivity index (χ3v) is 2.15. The number of rotatable bonds is 3. The molecule has 2 aromatic rings. The Balaban J connectivity index is 2.66. The molecular formula is C10H11N3O2. The maximum absolute atomic E-state index is 8.87. The Morgan fingerprint density at radius 3 is 2.67 bits per heavy atom. The lowest BCUT2D eigenvalue weighted by molar-refractivity contribution is 0.182. The first kappa shape index (κ1) is 9.82. The molecule has 0 spiro atoms. The van der Waals surface area contributed by atoms with Gasteiger partial charge in [-0.3, -0.25) is 10.7 Å². The molecule has 0 radical (unpaired) electrons. The molecule has 15 heavy (non-hydrogen) atoms. The number of aromatic nitrogens is 2. The summed E-state index contributed by atoms with van der Waals surface area (Å²) in [5.41, 5.74) is 2.78. The third kappa shape index (κ3) is 1.74. The first-order valence-electron chi connectivity index (χ1n) is 4.50. The van der Waals surface area contributed by atoms with Crippen LogP contribution in [0.25, 0.3) is 10.8 Å². The van der Waals surface area contributed by atoms with Gasteiger partial charge in [-0.05, 0) is 0 Å². The van der Waals surface area contributed by atoms with Gasteiger partial charge in [-0.2, -0.15) is 5.10 Å². The summed E-state index contributed by atoms with van der Waals surface area (Å²) in [6.07, 6.45) is 0. The quantitative estimate of drug-likeness (QED) is 0.744. The molecule has 2 rings (SSSR count). The van der Waals surface area contributed by atoms with Crippen LogP contribution >= 0.6 is 0 Å². The van der Waals surface area contributed by atoms with Crippen molar-refractivity contribution in [1.29, 1.82) is 0 Å². The molecule has 0 aliphatic heterocycles. The molecule has 0 aliphatic rings. The van der Waals surface area contributed by atoms with E-state index < -0.39 is 0 Å². The lowest BCUT2D eigenvalue weighted by Gasteiger charge is -2.06. The van der Waals surface area contributed by atoms with Crippen LogP contribution in [0.3, 0.4) is 0 Å². The predicted molar refractivity (Wildman–Crippen MR) is 55.7 cm³/mol. The van der Waals surface area contributed by atoms with Gasteiger partial charge in [0.25, 0.3) is 0 Å². The average Bonchev–Trinajstić information content (AvgIpc) is 2.30. The predicted octanol–water partition coefficient (Wildman–Crippen LogP) is 1.58. The van der Waals surface area contributed by atoms with E-state index >= 15 is 0 Å². The molecular weight excluding hydrogens is 194 g/mol. The van der Waals surface area contributed by atoms with E-state index in [1.807, 2.05) is 29.7 Å². The number of hydrogen-bond acceptors (Lipinski definition) is 5. The minimum absolute atomic E-state index is 0.352. The standard InChI is InChI=1S/C10H11N3O2/c1-15-6-9-7-4-2-3-5-8(7)10(13-14)12-11-9/h2-5,14H,6H2,1H3,(H,12,13). The van der Waals surface area contributed by atoms with Gasteiger partial charge >= 0.3 is 0 Å². The summed E-state index contributed by atoms with van der Waals surface area (Å²) in [4.78, 5) is 0. The fourth-order valence-corrected chi connectivity index (χ4v) is 1.49. The van der Waals surface area contributed by atoms with Crippen LogP contribution in [0.4, 0.5) is 5.82 Å². The van der Waals surface area contributed by atoms with Crippen LogP contribution in [-0.4, -0.2) is 22.5 Å². The number of nitrogens with one attached hydrogen (secondary N) is 1. The summed E-state index contributed by atoms with van der Waals surface area (Å²) in [6.45, 7) is 0.402. The molecule has 0 amide bonds. The summed E-state index contributed by atoms with van der Waals surface area (Å²) in [7, 11) is 1.61. The highest BCUT2D eigenvalue weighted by Crippen LogP contribution is 2.22. The molecule has 0 fully saturated rings. The molecule has 5 nitrogen and oxygen atoms in total. The van der Waals surface area contributed by atoms with Crippen LogP contribution in [0.2, 0.25) is 0 Å². The molecule has 0 atom stereocenters. The van der Waals surface area contributed by atoms with Crippen LogP contribution in [0, 0.1) is 0 Å². The van der Waals surface area contributed by atoms with Crippen molar-refractivity contribution >= 4 is 16.6 Å². The van der Waals surface area contributed by atoms with E-state index in [0.29, 0.717) is 12.4 Å². The van der Waals surface area contributed by atoms with Crippen molar-refractivity contribution in [3.8, 4) is 0 Å². The minimum Gasteiger partial charge on any atom is -0.378 e. The first-order chi connectivity index (χ1) is 7.36. The minimum atomic E-state index is 0.352. The number of hydrogen-bond donors (Lipinski definition) is 2. The molecule has 2 N–H and O–H groups in total. The number of benzene rings is 1. The lowest BCUT2D eigenvalue weighted by atomic mass is 10.1. The van der Waals surface area contributed by atoms with Crippen LogP contribution in [0.5, 0.6) is 0 Å². The van der Waals surface area contributed by atoms with E-state index in [4.69, 9.17) is 9.94 Å². The van der Waals surface area contributed by atoms with Crippen molar-refractivity contribution < 1.29 is 9.94 Å². The van der Waals surface area contributed by atoms with Crippen molar-refractivity contribution in [2.24, 2.45) is 0 Å². The number of nitrogens with zero attached hydrogens (tertiary/aromatic N) is 2. The van der Waals surface area contributed by atoms with Gasteiger partial charge in [0.05, 0.1) is 12.3 Å². The number of anilines is 1. The van der Waals surface area contributed by atoms with Gasteiger partial charge < -0.3 is 4.74 Å². The largest absolute Gasteiger partial charge is 0.378 e. The Kier molecular flexibility index (Phi) is 2.75. The highest BCUT2D eigenvalue weighted by molar-refractivity contribution is 5.92. The van der Waals surface area contributed by atoms with Gasteiger partial charge in [0.1, 0.15) is 0 Å². The zero-order valence-corrected chi connectivity index (χ0v) is 8.27. The molecule has 1 heterocycles. The highest BCUT2D eigenvalue weighted by Gasteiger charge is 2.07. The lowest BCUT2D eigenvalue weighted by Crippen LogP contribution is -2.01. The normalized spacial score (nSPS) is 10.5. The molecule has 1 aromatic carbocycles. The van der Waals surface area contributed by atoms with Gasteiger partial charge in [-0.1, -0.05) is 24.3 Å². The second-order valence-electron chi connectivity index (χ2n) is 3.09. The van der Waals surface area contributed by atoms with E-state index in [2.05, 4.69) is 10.2 Å². The molecule has 0 aliphatic carbocycles. The van der Waals surface area contributed by atoms with Crippen LogP contribution in [-0.2, 0) is 11.3 Å². The molecule has 0 saturated carbocycles. The summed E-state index contributed by atoms with van der Waals surface area (Å²) >= 11 is 0. The molecule has 78 valence electrons. The summed E-state index contributed by atoms with van der Waals surface area (Å²) in [6, 6.07) is 7.56. The fraction of sp³-hybridized carbons (Fsp3) is 0.200. The van der Waals surface area contributed by atoms with Crippen molar-refractivity contribution in [2.45, 2.75) is 6.61 Å². The Morgan fingerprint density at radius 1 is 1.27 bits per heavy atom. The zero-order valence-electron chi connectivity index (χ0n) is 8.27. The van der Waals surface area contributed by atoms with Gasteiger partial charge in [0, 0.05) is 17.9 Å². The number of methoxy groups -OCH3 is 1. The average molecular weight is 205 g/mol. The van der Waals surface area contributed by atoms with E-state index in [1.165, 1.54) is 0 Å². The molecule has 0 unspecified atom stereocenters. The van der Waals surface area contributed by atoms with Gasteiger partial charge in [-0.25, -0.2) is 0 Å². The van der Waals surface area contributed by atoms with Gasteiger partial charge in [0.15, 0.2) is 5.82 Å². The second kappa shape index (κ2) is 4.20. The van der Waals surface area contributed by atoms with Crippen molar-refractivity contribution in [3.05, 3.63) is 30.0 Å². The first-order valence-corrected chi connectivity index (χ1v) is 4.50. The second-order valence-corrected chi connectivity index (χ2v) is 3.09. The molecule has 5 heteroatoms. The third-order valence-electron chi connectivity index (χ3n) is 2.15. The molecule has 0 bridgehead atoms. The molecule has 1 aromatic heterocycles. The summed E-state index contributed by atoms with van der Waals surface area (Å²) < 4.78 is 5.02. The Hall–Kier alpha value is -1.72. The summed E-state index contributed by atoms with van der Waals surface area (Å²) in [5, 5.41) is 18.4. The van der Waals surface area contributed by atoms with E-state index in [0.717, 1.165) is 16.5 Å². The van der Waals surface area contributed by atoms with Crippen molar-refractivity contribution in [2.75, 3.05) is 12.6 Å². The Labute approximate surface area is 86.7 Å². The molecule has 0 saturated heterocycles. The number of fused-ring (bicyclic) bond motifs is 1. The van der Waals surface area contributed by atoms with E-state index in [1.54, 1.807) is 7.11 Å². The van der Waals surface area contributed by atoms with Crippen LogP contribution in [0.15, 0.2) is 24.3 Å². The monoisotopic (exact) mass is 205 g/mol. The van der Waals surface area contributed by atoms with Gasteiger partial charge in [0.2, 0.25) is 0 Å². The van der Waals surface area contributed by atoms with Crippen molar-refractivity contribution in [3.63, 3.8) is 0 Å². The zero-order chi connectivity index (χ0) is 10.7. The Morgan fingerprint density at radius 2 is 2.00 bits per heavy atom. The van der Waals surface area contributed by atoms with Crippen LogP contribution in [0.1, 0.15) is 5.69 Å².